The molecule has 1 saturated carbocycles. The summed E-state index contributed by atoms with van der Waals surface area (Å²) in [6, 6.07) is 0.563. The minimum atomic E-state index is 0.521. The molecule has 2 fully saturated rings. The highest BCUT2D eigenvalue weighted by atomic mass is 32.1. The predicted molar refractivity (Wildman–Crippen MR) is 83.2 cm³/mol. The molecule has 0 spiro atoms. The largest absolute Gasteiger partial charge is 0.378 e. The van der Waals surface area contributed by atoms with Crippen molar-refractivity contribution in [2.45, 2.75) is 76.5 Å². The molecule has 112 valence electrons. The van der Waals surface area contributed by atoms with E-state index in [0.717, 1.165) is 19.1 Å². The van der Waals surface area contributed by atoms with E-state index in [1.807, 2.05) is 11.3 Å². The second-order valence-electron chi connectivity index (χ2n) is 6.29. The Kier molecular flexibility index (Phi) is 5.08. The van der Waals surface area contributed by atoms with E-state index < -0.39 is 0 Å². The lowest BCUT2D eigenvalue weighted by molar-refractivity contribution is 0.100. The van der Waals surface area contributed by atoms with Crippen molar-refractivity contribution in [2.75, 3.05) is 6.61 Å². The van der Waals surface area contributed by atoms with Crippen molar-refractivity contribution in [3.05, 3.63) is 16.1 Å². The summed E-state index contributed by atoms with van der Waals surface area (Å²) in [6.45, 7) is 4.22. The Labute approximate surface area is 126 Å². The molecular weight excluding hydrogens is 268 g/mol. The van der Waals surface area contributed by atoms with Crippen molar-refractivity contribution < 1.29 is 4.74 Å². The molecule has 0 radical (unpaired) electrons. The van der Waals surface area contributed by atoms with Gasteiger partial charge in [0.05, 0.1) is 11.1 Å². The van der Waals surface area contributed by atoms with Crippen molar-refractivity contribution in [1.82, 2.24) is 10.3 Å². The van der Waals surface area contributed by atoms with Crippen molar-refractivity contribution in [3.8, 4) is 0 Å². The van der Waals surface area contributed by atoms with Crippen molar-refractivity contribution >= 4 is 11.3 Å². The fraction of sp³-hybridized carbons (Fsp3) is 0.812. The fourth-order valence-electron chi connectivity index (χ4n) is 2.93. The quantitative estimate of drug-likeness (QED) is 0.829. The first-order valence-corrected chi connectivity index (χ1v) is 8.92. The van der Waals surface area contributed by atoms with Crippen LogP contribution < -0.4 is 5.32 Å². The smallest absolute Gasteiger partial charge is 0.0959 e. The average molecular weight is 294 g/mol. The average Bonchev–Trinajstić information content (AvgIpc) is 3.03. The van der Waals surface area contributed by atoms with E-state index in [1.165, 1.54) is 54.8 Å². The molecule has 0 unspecified atom stereocenters. The summed E-state index contributed by atoms with van der Waals surface area (Å²) >= 11 is 1.90. The Bertz CT molecular complexity index is 410. The van der Waals surface area contributed by atoms with Gasteiger partial charge in [-0.1, -0.05) is 6.42 Å². The maximum absolute atomic E-state index is 5.68. The summed E-state index contributed by atoms with van der Waals surface area (Å²) in [5.41, 5.74) is 0. The normalized spacial score (nSPS) is 24.8. The second kappa shape index (κ2) is 7.01. The number of aromatic nitrogens is 1. The molecule has 1 N–H and O–H groups in total. The number of hydrogen-bond donors (Lipinski definition) is 1. The molecular formula is C16H26N2OS. The number of rotatable bonds is 7. The predicted octanol–water partition coefficient (Wildman–Crippen LogP) is 3.85. The molecule has 2 atom stereocenters. The van der Waals surface area contributed by atoms with Gasteiger partial charge in [0.25, 0.3) is 0 Å². The molecule has 4 heteroatoms. The molecule has 1 aliphatic heterocycles. The van der Waals surface area contributed by atoms with Crippen LogP contribution in [0.4, 0.5) is 0 Å². The molecule has 1 aromatic heterocycles. The molecule has 0 aromatic carbocycles. The first-order valence-electron chi connectivity index (χ1n) is 8.11. The summed E-state index contributed by atoms with van der Waals surface area (Å²) in [4.78, 5) is 5.97. The lowest BCUT2D eigenvalue weighted by atomic mass is 9.86. The summed E-state index contributed by atoms with van der Waals surface area (Å²) in [5, 5.41) is 4.99. The molecule has 0 amide bonds. The van der Waals surface area contributed by atoms with Gasteiger partial charge in [0.1, 0.15) is 0 Å². The highest BCUT2D eigenvalue weighted by Gasteiger charge is 2.22. The zero-order valence-electron chi connectivity index (χ0n) is 12.4. The van der Waals surface area contributed by atoms with Gasteiger partial charge in [-0.05, 0) is 45.4 Å². The minimum absolute atomic E-state index is 0.521. The minimum Gasteiger partial charge on any atom is -0.378 e. The fourth-order valence-corrected chi connectivity index (χ4v) is 3.97. The number of hydrogen-bond acceptors (Lipinski definition) is 4. The van der Waals surface area contributed by atoms with E-state index in [4.69, 9.17) is 4.74 Å². The van der Waals surface area contributed by atoms with Crippen LogP contribution in [0.15, 0.2) is 6.20 Å². The van der Waals surface area contributed by atoms with Gasteiger partial charge in [-0.2, -0.15) is 0 Å². The third-order valence-electron chi connectivity index (χ3n) is 4.60. The van der Waals surface area contributed by atoms with Gasteiger partial charge in [0.2, 0.25) is 0 Å². The van der Waals surface area contributed by atoms with E-state index in [9.17, 15) is 0 Å². The number of nitrogens with zero attached hydrogens (tertiary/aromatic N) is 1. The lowest BCUT2D eigenvalue weighted by Crippen LogP contribution is -2.26. The van der Waals surface area contributed by atoms with Gasteiger partial charge in [0.15, 0.2) is 0 Å². The highest BCUT2D eigenvalue weighted by Crippen LogP contribution is 2.38. The van der Waals surface area contributed by atoms with E-state index in [-0.39, 0.29) is 0 Å². The van der Waals surface area contributed by atoms with E-state index >= 15 is 0 Å². The van der Waals surface area contributed by atoms with Crippen molar-refractivity contribution in [2.24, 2.45) is 0 Å². The summed E-state index contributed by atoms with van der Waals surface area (Å²) in [7, 11) is 0. The lowest BCUT2D eigenvalue weighted by Gasteiger charge is -2.22. The Morgan fingerprint density at radius 1 is 1.40 bits per heavy atom. The van der Waals surface area contributed by atoms with Gasteiger partial charge in [-0.15, -0.1) is 11.3 Å². The van der Waals surface area contributed by atoms with Gasteiger partial charge in [-0.25, -0.2) is 4.98 Å². The van der Waals surface area contributed by atoms with Crippen LogP contribution in [0.5, 0.6) is 0 Å². The first-order chi connectivity index (χ1) is 9.81. The molecule has 3 rings (SSSR count). The van der Waals surface area contributed by atoms with E-state index in [2.05, 4.69) is 23.4 Å². The first kappa shape index (κ1) is 14.5. The molecule has 3 nitrogen and oxygen atoms in total. The molecule has 1 saturated heterocycles. The van der Waals surface area contributed by atoms with Gasteiger partial charge in [0, 0.05) is 36.2 Å². The molecule has 0 bridgehead atoms. The molecule has 1 aliphatic carbocycles. The third kappa shape index (κ3) is 3.80. The van der Waals surface area contributed by atoms with Crippen molar-refractivity contribution in [1.29, 1.82) is 0 Å². The van der Waals surface area contributed by atoms with Crippen molar-refractivity contribution in [3.63, 3.8) is 0 Å². The Morgan fingerprint density at radius 3 is 3.00 bits per heavy atom. The number of ether oxygens (including phenoxy) is 1. The molecule has 20 heavy (non-hydrogen) atoms. The van der Waals surface area contributed by atoms with Crippen LogP contribution in [0.25, 0.3) is 0 Å². The molecule has 1 aromatic rings. The second-order valence-corrected chi connectivity index (χ2v) is 7.43. The maximum atomic E-state index is 5.68. The Balaban J connectivity index is 1.36. The Hall–Kier alpha value is -0.450. The monoisotopic (exact) mass is 294 g/mol. The van der Waals surface area contributed by atoms with Crippen LogP contribution in [0, 0.1) is 0 Å². The zero-order valence-corrected chi connectivity index (χ0v) is 13.3. The third-order valence-corrected chi connectivity index (χ3v) is 5.76. The number of nitrogens with one attached hydrogen (secondary N) is 1. The topological polar surface area (TPSA) is 34.1 Å². The van der Waals surface area contributed by atoms with Gasteiger partial charge >= 0.3 is 0 Å². The number of thiazole rings is 1. The van der Waals surface area contributed by atoms with E-state index in [0.29, 0.717) is 12.1 Å². The van der Waals surface area contributed by atoms with Crippen LogP contribution in [0.3, 0.4) is 0 Å². The molecule has 2 aliphatic rings. The summed E-state index contributed by atoms with van der Waals surface area (Å²) in [6.07, 6.45) is 11.6. The maximum Gasteiger partial charge on any atom is 0.0959 e. The van der Waals surface area contributed by atoms with Crippen LogP contribution in [0.1, 0.15) is 67.7 Å². The van der Waals surface area contributed by atoms with Crippen LogP contribution in [-0.4, -0.2) is 23.7 Å². The summed E-state index contributed by atoms with van der Waals surface area (Å²) < 4.78 is 5.68. The zero-order chi connectivity index (χ0) is 13.8. The van der Waals surface area contributed by atoms with Gasteiger partial charge in [-0.3, -0.25) is 0 Å². The van der Waals surface area contributed by atoms with Crippen LogP contribution in [-0.2, 0) is 11.3 Å². The van der Waals surface area contributed by atoms with Crippen LogP contribution in [0.2, 0.25) is 0 Å². The highest BCUT2D eigenvalue weighted by molar-refractivity contribution is 7.11. The van der Waals surface area contributed by atoms with Crippen LogP contribution >= 0.6 is 11.3 Å². The van der Waals surface area contributed by atoms with E-state index in [1.54, 1.807) is 0 Å². The summed E-state index contributed by atoms with van der Waals surface area (Å²) in [5.74, 6) is 0.769. The standard InChI is InChI=1S/C16H26N2OS/c1-12(7-8-14-6-3-9-19-14)17-10-15-11-18-16(20-15)13-4-2-5-13/h11-14,17H,2-10H2,1H3/t12-,14+/m0/s1. The Morgan fingerprint density at radius 2 is 2.30 bits per heavy atom. The SMILES string of the molecule is C[C@@H](CC[C@H]1CCCO1)NCc1cnc(C2CCC2)s1. The molecule has 2 heterocycles. The van der Waals surface area contributed by atoms with Gasteiger partial charge < -0.3 is 10.1 Å².